The largest absolute Gasteiger partial charge is 0.456 e. The zero-order valence-corrected chi connectivity index (χ0v) is 15.0. The fourth-order valence-electron chi connectivity index (χ4n) is 3.66. The van der Waals surface area contributed by atoms with Crippen molar-refractivity contribution in [1.29, 1.82) is 0 Å². The molecule has 1 saturated carbocycles. The number of pyridine rings is 1. The van der Waals surface area contributed by atoms with Crippen LogP contribution in [-0.2, 0) is 0 Å². The average Bonchev–Trinajstić information content (AvgIpc) is 2.87. The zero-order chi connectivity index (χ0) is 17.8. The molecule has 0 atom stereocenters. The maximum absolute atomic E-state index is 12.9. The summed E-state index contributed by atoms with van der Waals surface area (Å²) in [5.74, 6) is 1.38. The fraction of sp³-hybridized carbons (Fsp3) is 0.429. The Labute approximate surface area is 154 Å². The summed E-state index contributed by atoms with van der Waals surface area (Å²) >= 11 is 0. The molecule has 1 amide bonds. The van der Waals surface area contributed by atoms with Crippen LogP contribution in [0.25, 0.3) is 0 Å². The van der Waals surface area contributed by atoms with E-state index in [-0.39, 0.29) is 5.91 Å². The summed E-state index contributed by atoms with van der Waals surface area (Å²) in [4.78, 5) is 21.7. The Kier molecular flexibility index (Phi) is 5.16. The topological polar surface area (TPSA) is 45.7 Å². The third-order valence-corrected chi connectivity index (χ3v) is 5.35. The van der Waals surface area contributed by atoms with Crippen LogP contribution >= 0.6 is 0 Å². The lowest BCUT2D eigenvalue weighted by molar-refractivity contribution is 0.0749. The van der Waals surface area contributed by atoms with Crippen molar-refractivity contribution < 1.29 is 9.53 Å². The highest BCUT2D eigenvalue weighted by molar-refractivity contribution is 5.94. The number of carbonyl (C=O) groups excluding carboxylic acids is 1. The van der Waals surface area contributed by atoms with Gasteiger partial charge in [0.1, 0.15) is 11.5 Å². The van der Waals surface area contributed by atoms with Crippen molar-refractivity contribution in [2.75, 3.05) is 26.2 Å². The van der Waals surface area contributed by atoms with E-state index < -0.39 is 0 Å². The quantitative estimate of drug-likeness (QED) is 0.845. The van der Waals surface area contributed by atoms with Crippen LogP contribution in [0.15, 0.2) is 48.8 Å². The van der Waals surface area contributed by atoms with E-state index in [1.807, 2.05) is 35.2 Å². The Morgan fingerprint density at radius 3 is 2.58 bits per heavy atom. The fourth-order valence-corrected chi connectivity index (χ4v) is 3.66. The van der Waals surface area contributed by atoms with Crippen LogP contribution in [0.3, 0.4) is 0 Å². The van der Waals surface area contributed by atoms with E-state index >= 15 is 0 Å². The summed E-state index contributed by atoms with van der Waals surface area (Å²) in [7, 11) is 0. The molecule has 26 heavy (non-hydrogen) atoms. The number of para-hydroxylation sites is 1. The van der Waals surface area contributed by atoms with Crippen LogP contribution in [0.1, 0.15) is 36.0 Å². The minimum Gasteiger partial charge on any atom is -0.456 e. The molecule has 1 aliphatic carbocycles. The van der Waals surface area contributed by atoms with Gasteiger partial charge >= 0.3 is 0 Å². The molecule has 136 valence electrons. The van der Waals surface area contributed by atoms with E-state index in [0.717, 1.165) is 44.4 Å². The molecule has 5 heteroatoms. The van der Waals surface area contributed by atoms with Gasteiger partial charge in [-0.15, -0.1) is 0 Å². The third-order valence-electron chi connectivity index (χ3n) is 5.35. The van der Waals surface area contributed by atoms with Crippen molar-refractivity contribution >= 4 is 5.91 Å². The summed E-state index contributed by atoms with van der Waals surface area (Å²) in [6.45, 7) is 3.68. The lowest BCUT2D eigenvalue weighted by Gasteiger charge is -2.36. The van der Waals surface area contributed by atoms with Crippen LogP contribution in [0.5, 0.6) is 11.5 Å². The maximum Gasteiger partial charge on any atom is 0.255 e. The van der Waals surface area contributed by atoms with Gasteiger partial charge in [0.25, 0.3) is 5.91 Å². The van der Waals surface area contributed by atoms with Crippen molar-refractivity contribution in [2.24, 2.45) is 0 Å². The van der Waals surface area contributed by atoms with Gasteiger partial charge in [-0.25, -0.2) is 0 Å². The van der Waals surface area contributed by atoms with Gasteiger partial charge in [-0.2, -0.15) is 0 Å². The van der Waals surface area contributed by atoms with Crippen molar-refractivity contribution in [3.8, 4) is 11.5 Å². The second-order valence-electron chi connectivity index (χ2n) is 7.09. The van der Waals surface area contributed by atoms with Gasteiger partial charge < -0.3 is 9.64 Å². The van der Waals surface area contributed by atoms with Crippen molar-refractivity contribution in [3.63, 3.8) is 0 Å². The number of hydrogen-bond acceptors (Lipinski definition) is 4. The molecule has 0 bridgehead atoms. The smallest absolute Gasteiger partial charge is 0.255 e. The number of benzene rings is 1. The Hall–Kier alpha value is -2.40. The lowest BCUT2D eigenvalue weighted by atomic mass is 9.91. The zero-order valence-electron chi connectivity index (χ0n) is 15.0. The molecule has 5 nitrogen and oxygen atoms in total. The van der Waals surface area contributed by atoms with E-state index in [2.05, 4.69) is 9.88 Å². The van der Waals surface area contributed by atoms with Gasteiger partial charge in [0.2, 0.25) is 0 Å². The van der Waals surface area contributed by atoms with Crippen LogP contribution in [-0.4, -0.2) is 52.9 Å². The minimum atomic E-state index is 0.0477. The second-order valence-corrected chi connectivity index (χ2v) is 7.09. The monoisotopic (exact) mass is 351 g/mol. The molecule has 0 spiro atoms. The molecule has 1 aromatic heterocycles. The minimum absolute atomic E-state index is 0.0477. The van der Waals surface area contributed by atoms with Gasteiger partial charge in [0, 0.05) is 38.4 Å². The van der Waals surface area contributed by atoms with Gasteiger partial charge in [0.05, 0.1) is 11.8 Å². The van der Waals surface area contributed by atoms with E-state index in [1.165, 1.54) is 19.3 Å². The number of amides is 1. The van der Waals surface area contributed by atoms with Crippen LogP contribution in [0.2, 0.25) is 0 Å². The molecule has 1 aliphatic heterocycles. The SMILES string of the molecule is O=C(c1cncc(Oc2ccccc2)c1)N1CCCN(C2CCC2)CC1. The highest BCUT2D eigenvalue weighted by atomic mass is 16.5. The first-order valence-corrected chi connectivity index (χ1v) is 9.51. The average molecular weight is 351 g/mol. The number of nitrogens with zero attached hydrogens (tertiary/aromatic N) is 3. The van der Waals surface area contributed by atoms with Gasteiger partial charge in [-0.3, -0.25) is 14.7 Å². The molecule has 1 saturated heterocycles. The van der Waals surface area contributed by atoms with E-state index in [9.17, 15) is 4.79 Å². The van der Waals surface area contributed by atoms with Gasteiger partial charge in [-0.1, -0.05) is 24.6 Å². The van der Waals surface area contributed by atoms with Crippen molar-refractivity contribution in [1.82, 2.24) is 14.8 Å². The van der Waals surface area contributed by atoms with Crippen LogP contribution in [0, 0.1) is 0 Å². The molecule has 2 heterocycles. The molecule has 0 N–H and O–H groups in total. The maximum atomic E-state index is 12.9. The predicted octanol–water partition coefficient (Wildman–Crippen LogP) is 3.57. The first kappa shape index (κ1) is 17.0. The van der Waals surface area contributed by atoms with Crippen molar-refractivity contribution in [3.05, 3.63) is 54.4 Å². The number of ether oxygens (including phenoxy) is 1. The summed E-state index contributed by atoms with van der Waals surface area (Å²) in [6.07, 6.45) is 8.30. The molecule has 2 aromatic rings. The van der Waals surface area contributed by atoms with Crippen LogP contribution in [0.4, 0.5) is 0 Å². The molecule has 4 rings (SSSR count). The summed E-state index contributed by atoms with van der Waals surface area (Å²) in [5, 5.41) is 0. The first-order chi connectivity index (χ1) is 12.8. The molecular weight excluding hydrogens is 326 g/mol. The van der Waals surface area contributed by atoms with Gasteiger partial charge in [-0.05, 0) is 37.5 Å². The van der Waals surface area contributed by atoms with E-state index in [0.29, 0.717) is 11.3 Å². The molecule has 0 unspecified atom stereocenters. The third kappa shape index (κ3) is 3.88. The lowest BCUT2D eigenvalue weighted by Crippen LogP contribution is -2.42. The number of aromatic nitrogens is 1. The van der Waals surface area contributed by atoms with Crippen LogP contribution < -0.4 is 4.74 Å². The number of rotatable bonds is 4. The highest BCUT2D eigenvalue weighted by Crippen LogP contribution is 2.26. The Morgan fingerprint density at radius 2 is 1.81 bits per heavy atom. The summed E-state index contributed by atoms with van der Waals surface area (Å²) < 4.78 is 5.81. The predicted molar refractivity (Wildman–Crippen MR) is 100 cm³/mol. The Morgan fingerprint density at radius 1 is 0.962 bits per heavy atom. The molecule has 1 aromatic carbocycles. The molecular formula is C21H25N3O2. The Balaban J connectivity index is 1.41. The Bertz CT molecular complexity index is 746. The van der Waals surface area contributed by atoms with Crippen molar-refractivity contribution in [2.45, 2.75) is 31.7 Å². The summed E-state index contributed by atoms with van der Waals surface area (Å²) in [5.41, 5.74) is 0.593. The first-order valence-electron chi connectivity index (χ1n) is 9.51. The second kappa shape index (κ2) is 7.87. The standard InChI is InChI=1S/C21H25N3O2/c25-21(24-11-5-10-23(12-13-24)18-6-4-7-18)17-14-20(16-22-15-17)26-19-8-2-1-3-9-19/h1-3,8-9,14-16,18H,4-7,10-13H2. The number of carbonyl (C=O) groups is 1. The highest BCUT2D eigenvalue weighted by Gasteiger charge is 2.28. The normalized spacial score (nSPS) is 18.8. The van der Waals surface area contributed by atoms with Gasteiger partial charge in [0.15, 0.2) is 0 Å². The van der Waals surface area contributed by atoms with E-state index in [4.69, 9.17) is 4.74 Å². The van der Waals surface area contributed by atoms with E-state index in [1.54, 1.807) is 18.5 Å². The summed E-state index contributed by atoms with van der Waals surface area (Å²) in [6, 6.07) is 12.1. The number of hydrogen-bond donors (Lipinski definition) is 0. The molecule has 2 aliphatic rings. The molecule has 0 radical (unpaired) electrons. The molecule has 2 fully saturated rings.